The van der Waals surface area contributed by atoms with Gasteiger partial charge in [-0.2, -0.15) is 0 Å². The fraction of sp³-hybridized carbons (Fsp3) is 0.611. The largest absolute Gasteiger partial charge is 0.378 e. The Balaban J connectivity index is 1.51. The molecule has 0 radical (unpaired) electrons. The molecular formula is C18H24N4O2. The normalized spacial score (nSPS) is 25.1. The molecule has 6 nitrogen and oxygen atoms in total. The van der Waals surface area contributed by atoms with Crippen LogP contribution in [0.15, 0.2) is 18.2 Å². The monoisotopic (exact) mass is 328 g/mol. The minimum atomic E-state index is -0.0197. The van der Waals surface area contributed by atoms with Gasteiger partial charge in [0.2, 0.25) is 0 Å². The minimum Gasteiger partial charge on any atom is -0.378 e. The van der Waals surface area contributed by atoms with Crippen LogP contribution in [-0.2, 0) is 11.8 Å². The van der Waals surface area contributed by atoms with Crippen molar-refractivity contribution in [1.82, 2.24) is 20.3 Å². The number of amides is 1. The molecule has 1 aromatic carbocycles. The van der Waals surface area contributed by atoms with Gasteiger partial charge in [-0.05, 0) is 44.4 Å². The highest BCUT2D eigenvalue weighted by Gasteiger charge is 2.57. The van der Waals surface area contributed by atoms with Crippen LogP contribution in [0, 0.1) is 5.41 Å². The van der Waals surface area contributed by atoms with Crippen molar-refractivity contribution in [2.75, 3.05) is 6.61 Å². The molecule has 24 heavy (non-hydrogen) atoms. The smallest absolute Gasteiger partial charge is 0.251 e. The molecule has 4 rings (SSSR count). The van der Waals surface area contributed by atoms with Gasteiger partial charge in [-0.25, -0.2) is 4.68 Å². The Bertz CT molecular complexity index is 763. The molecule has 0 saturated heterocycles. The zero-order chi connectivity index (χ0) is 16.7. The van der Waals surface area contributed by atoms with Crippen molar-refractivity contribution in [1.29, 1.82) is 0 Å². The van der Waals surface area contributed by atoms with E-state index in [2.05, 4.69) is 15.6 Å². The summed E-state index contributed by atoms with van der Waals surface area (Å²) in [5.41, 5.74) is 2.49. The van der Waals surface area contributed by atoms with Crippen molar-refractivity contribution >= 4 is 16.9 Å². The Morgan fingerprint density at radius 3 is 2.96 bits per heavy atom. The second-order valence-electron chi connectivity index (χ2n) is 7.06. The van der Waals surface area contributed by atoms with Crippen LogP contribution in [0.3, 0.4) is 0 Å². The highest BCUT2D eigenvalue weighted by molar-refractivity contribution is 5.97. The third-order valence-electron chi connectivity index (χ3n) is 5.87. The number of carbonyl (C=O) groups is 1. The second kappa shape index (κ2) is 5.84. The van der Waals surface area contributed by atoms with E-state index in [4.69, 9.17) is 4.74 Å². The predicted molar refractivity (Wildman–Crippen MR) is 90.7 cm³/mol. The standard InChI is InChI=1S/C18H24N4O2/c1-3-24-16-11-15(18(16)8-4-5-9-18)19-17(23)12-6-7-14-13(10-12)20-21-22(14)2/h6-7,10,15-16H,3-5,8-9,11H2,1-2H3,(H,19,23). The quantitative estimate of drug-likeness (QED) is 0.936. The Kier molecular flexibility index (Phi) is 3.79. The van der Waals surface area contributed by atoms with Crippen molar-refractivity contribution in [3.63, 3.8) is 0 Å². The van der Waals surface area contributed by atoms with Gasteiger partial charge < -0.3 is 10.1 Å². The first-order valence-corrected chi connectivity index (χ1v) is 8.86. The Hall–Kier alpha value is -1.95. The number of hydrogen-bond donors (Lipinski definition) is 1. The van der Waals surface area contributed by atoms with Crippen LogP contribution >= 0.6 is 0 Å². The number of hydrogen-bond acceptors (Lipinski definition) is 4. The average molecular weight is 328 g/mol. The molecule has 1 amide bonds. The lowest BCUT2D eigenvalue weighted by Crippen LogP contribution is -2.63. The Labute approximate surface area is 141 Å². The summed E-state index contributed by atoms with van der Waals surface area (Å²) in [4.78, 5) is 12.7. The molecule has 2 aliphatic carbocycles. The maximum atomic E-state index is 12.7. The molecule has 2 atom stereocenters. The van der Waals surface area contributed by atoms with Gasteiger partial charge in [0.15, 0.2) is 0 Å². The Morgan fingerprint density at radius 1 is 1.42 bits per heavy atom. The molecule has 6 heteroatoms. The lowest BCUT2D eigenvalue weighted by atomic mass is 9.60. The van der Waals surface area contributed by atoms with Crippen molar-refractivity contribution in [3.8, 4) is 0 Å². The molecule has 2 saturated carbocycles. The van der Waals surface area contributed by atoms with Gasteiger partial charge in [-0.1, -0.05) is 18.1 Å². The lowest BCUT2D eigenvalue weighted by molar-refractivity contribution is -0.127. The number of ether oxygens (including phenoxy) is 1. The van der Waals surface area contributed by atoms with E-state index in [9.17, 15) is 4.79 Å². The van der Waals surface area contributed by atoms with Crippen molar-refractivity contribution < 1.29 is 9.53 Å². The van der Waals surface area contributed by atoms with Gasteiger partial charge in [0, 0.05) is 30.7 Å². The highest BCUT2D eigenvalue weighted by atomic mass is 16.5. The van der Waals surface area contributed by atoms with Crippen LogP contribution in [0.4, 0.5) is 0 Å². The first kappa shape index (κ1) is 15.6. The van der Waals surface area contributed by atoms with Gasteiger partial charge >= 0.3 is 0 Å². The molecular weight excluding hydrogens is 304 g/mol. The third-order valence-corrected chi connectivity index (χ3v) is 5.87. The van der Waals surface area contributed by atoms with E-state index in [-0.39, 0.29) is 17.4 Å². The van der Waals surface area contributed by atoms with E-state index in [0.29, 0.717) is 11.7 Å². The summed E-state index contributed by atoms with van der Waals surface area (Å²) < 4.78 is 7.63. The molecule has 0 aliphatic heterocycles. The number of benzene rings is 1. The molecule has 128 valence electrons. The van der Waals surface area contributed by atoms with E-state index in [1.807, 2.05) is 32.2 Å². The molecule has 2 unspecified atom stereocenters. The zero-order valence-electron chi connectivity index (χ0n) is 14.3. The van der Waals surface area contributed by atoms with Crippen molar-refractivity contribution in [2.24, 2.45) is 12.5 Å². The topological polar surface area (TPSA) is 69.0 Å². The van der Waals surface area contributed by atoms with Gasteiger partial charge in [-0.15, -0.1) is 5.10 Å². The number of aryl methyl sites for hydroxylation is 1. The molecule has 1 N–H and O–H groups in total. The number of fused-ring (bicyclic) bond motifs is 1. The van der Waals surface area contributed by atoms with E-state index in [1.54, 1.807) is 4.68 Å². The fourth-order valence-electron chi connectivity index (χ4n) is 4.51. The molecule has 2 aromatic rings. The average Bonchev–Trinajstić information content (AvgIpc) is 3.23. The van der Waals surface area contributed by atoms with Gasteiger partial charge in [0.25, 0.3) is 5.91 Å². The fourth-order valence-corrected chi connectivity index (χ4v) is 4.51. The van der Waals surface area contributed by atoms with E-state index in [0.717, 1.165) is 36.9 Å². The van der Waals surface area contributed by atoms with E-state index in [1.165, 1.54) is 12.8 Å². The van der Waals surface area contributed by atoms with E-state index >= 15 is 0 Å². The third kappa shape index (κ3) is 2.32. The zero-order valence-corrected chi connectivity index (χ0v) is 14.3. The van der Waals surface area contributed by atoms with Crippen LogP contribution in [-0.4, -0.2) is 39.7 Å². The SMILES string of the molecule is CCOC1CC(NC(=O)c2ccc3c(c2)nnn3C)C12CCCC2. The predicted octanol–water partition coefficient (Wildman–Crippen LogP) is 2.44. The minimum absolute atomic E-state index is 0.0197. The first-order valence-electron chi connectivity index (χ1n) is 8.86. The summed E-state index contributed by atoms with van der Waals surface area (Å²) in [6.45, 7) is 2.79. The summed E-state index contributed by atoms with van der Waals surface area (Å²) in [5, 5.41) is 11.3. The number of nitrogens with one attached hydrogen (secondary N) is 1. The molecule has 1 spiro atoms. The molecule has 1 heterocycles. The molecule has 2 fully saturated rings. The van der Waals surface area contributed by atoms with Gasteiger partial charge in [-0.3, -0.25) is 4.79 Å². The van der Waals surface area contributed by atoms with Crippen LogP contribution in [0.25, 0.3) is 11.0 Å². The van der Waals surface area contributed by atoms with Crippen molar-refractivity contribution in [2.45, 2.75) is 51.2 Å². The summed E-state index contributed by atoms with van der Waals surface area (Å²) >= 11 is 0. The van der Waals surface area contributed by atoms with Crippen LogP contribution in [0.5, 0.6) is 0 Å². The number of aromatic nitrogens is 3. The maximum absolute atomic E-state index is 12.7. The number of carbonyl (C=O) groups excluding carboxylic acids is 1. The number of rotatable bonds is 4. The number of nitrogens with zero attached hydrogens (tertiary/aromatic N) is 3. The van der Waals surface area contributed by atoms with E-state index < -0.39 is 0 Å². The van der Waals surface area contributed by atoms with Crippen LogP contribution < -0.4 is 5.32 Å². The van der Waals surface area contributed by atoms with Crippen LogP contribution in [0.2, 0.25) is 0 Å². The van der Waals surface area contributed by atoms with Gasteiger partial charge in [0.1, 0.15) is 5.52 Å². The molecule has 1 aromatic heterocycles. The Morgan fingerprint density at radius 2 is 2.21 bits per heavy atom. The lowest BCUT2D eigenvalue weighted by Gasteiger charge is -2.54. The summed E-state index contributed by atoms with van der Waals surface area (Å²) in [6, 6.07) is 5.79. The maximum Gasteiger partial charge on any atom is 0.251 e. The summed E-state index contributed by atoms with van der Waals surface area (Å²) in [5.74, 6) is -0.0197. The first-order chi connectivity index (χ1) is 11.6. The summed E-state index contributed by atoms with van der Waals surface area (Å²) in [7, 11) is 1.85. The van der Waals surface area contributed by atoms with Crippen molar-refractivity contribution in [3.05, 3.63) is 23.8 Å². The van der Waals surface area contributed by atoms with Crippen LogP contribution in [0.1, 0.15) is 49.4 Å². The van der Waals surface area contributed by atoms with Gasteiger partial charge in [0.05, 0.1) is 11.6 Å². The summed E-state index contributed by atoms with van der Waals surface area (Å²) in [6.07, 6.45) is 6.02. The highest BCUT2D eigenvalue weighted by Crippen LogP contribution is 2.54. The molecule has 2 aliphatic rings. The second-order valence-corrected chi connectivity index (χ2v) is 7.06. The molecule has 0 bridgehead atoms.